The van der Waals surface area contributed by atoms with Gasteiger partial charge in [-0.15, -0.1) is 11.3 Å². The van der Waals surface area contributed by atoms with Gasteiger partial charge >= 0.3 is 0 Å². The summed E-state index contributed by atoms with van der Waals surface area (Å²) >= 11 is 1.58. The molecule has 0 radical (unpaired) electrons. The number of aryl methyl sites for hydroxylation is 1. The van der Waals surface area contributed by atoms with Crippen LogP contribution in [0.15, 0.2) is 11.4 Å². The van der Waals surface area contributed by atoms with Crippen LogP contribution in [-0.2, 0) is 10.4 Å². The Balaban J connectivity index is 2.96. The van der Waals surface area contributed by atoms with E-state index >= 15 is 0 Å². The summed E-state index contributed by atoms with van der Waals surface area (Å²) in [5.74, 6) is 0. The predicted molar refractivity (Wildman–Crippen MR) is 49.3 cm³/mol. The van der Waals surface area contributed by atoms with Gasteiger partial charge in [0.1, 0.15) is 6.29 Å². The van der Waals surface area contributed by atoms with Gasteiger partial charge in [0, 0.05) is 11.3 Å². The van der Waals surface area contributed by atoms with E-state index < -0.39 is 5.60 Å². The van der Waals surface area contributed by atoms with Crippen molar-refractivity contribution in [1.82, 2.24) is 0 Å². The molecule has 0 amide bonds. The highest BCUT2D eigenvalue weighted by atomic mass is 32.1. The molecule has 2 nitrogen and oxygen atoms in total. The van der Waals surface area contributed by atoms with Crippen LogP contribution in [0.25, 0.3) is 0 Å². The number of rotatable bonds is 3. The lowest BCUT2D eigenvalue weighted by molar-refractivity contribution is -0.112. The van der Waals surface area contributed by atoms with Gasteiger partial charge in [-0.05, 0) is 30.9 Å². The van der Waals surface area contributed by atoms with E-state index in [0.717, 1.165) is 16.7 Å². The largest absolute Gasteiger partial charge is 0.385 e. The Bertz CT molecular complexity index is 276. The molecule has 1 heterocycles. The topological polar surface area (TPSA) is 37.3 Å². The molecule has 0 aromatic carbocycles. The Morgan fingerprint density at radius 2 is 2.42 bits per heavy atom. The van der Waals surface area contributed by atoms with Gasteiger partial charge in [0.15, 0.2) is 0 Å². The van der Waals surface area contributed by atoms with Gasteiger partial charge in [0.05, 0.1) is 5.60 Å². The number of hydrogen-bond acceptors (Lipinski definition) is 3. The van der Waals surface area contributed by atoms with E-state index in [9.17, 15) is 9.90 Å². The number of thiophene rings is 1. The van der Waals surface area contributed by atoms with E-state index in [2.05, 4.69) is 0 Å². The number of aldehydes is 1. The second-order valence-corrected chi connectivity index (χ2v) is 4.16. The third-order valence-corrected chi connectivity index (χ3v) is 2.77. The molecular weight excluding hydrogens is 172 g/mol. The van der Waals surface area contributed by atoms with Crippen molar-refractivity contribution < 1.29 is 9.90 Å². The first kappa shape index (κ1) is 9.42. The van der Waals surface area contributed by atoms with Crippen LogP contribution < -0.4 is 0 Å². The van der Waals surface area contributed by atoms with E-state index in [1.807, 2.05) is 18.4 Å². The van der Waals surface area contributed by atoms with Gasteiger partial charge in [-0.25, -0.2) is 0 Å². The Morgan fingerprint density at radius 1 is 1.75 bits per heavy atom. The Hall–Kier alpha value is -0.670. The van der Waals surface area contributed by atoms with E-state index in [1.165, 1.54) is 0 Å². The van der Waals surface area contributed by atoms with E-state index in [-0.39, 0.29) is 6.42 Å². The smallest absolute Gasteiger partial charge is 0.123 e. The highest BCUT2D eigenvalue weighted by Crippen LogP contribution is 2.29. The first-order valence-corrected chi connectivity index (χ1v) is 4.66. The lowest BCUT2D eigenvalue weighted by atomic mass is 9.94. The van der Waals surface area contributed by atoms with Crippen molar-refractivity contribution in [1.29, 1.82) is 0 Å². The molecule has 0 saturated carbocycles. The molecule has 0 saturated heterocycles. The van der Waals surface area contributed by atoms with Crippen molar-refractivity contribution in [2.24, 2.45) is 0 Å². The summed E-state index contributed by atoms with van der Waals surface area (Å²) < 4.78 is 0. The zero-order valence-electron chi connectivity index (χ0n) is 7.20. The normalized spacial score (nSPS) is 15.6. The summed E-state index contributed by atoms with van der Waals surface area (Å²) in [6.45, 7) is 3.61. The van der Waals surface area contributed by atoms with E-state index in [1.54, 1.807) is 18.3 Å². The summed E-state index contributed by atoms with van der Waals surface area (Å²) in [4.78, 5) is 11.3. The maximum atomic E-state index is 10.3. The minimum atomic E-state index is -0.994. The molecule has 1 aromatic rings. The zero-order chi connectivity index (χ0) is 9.19. The van der Waals surface area contributed by atoms with Gasteiger partial charge in [-0.1, -0.05) is 0 Å². The summed E-state index contributed by atoms with van der Waals surface area (Å²) in [6.07, 6.45) is 0.904. The van der Waals surface area contributed by atoms with Crippen LogP contribution in [0.5, 0.6) is 0 Å². The molecule has 12 heavy (non-hydrogen) atoms. The summed E-state index contributed by atoms with van der Waals surface area (Å²) in [5.41, 5.74) is -0.133. The van der Waals surface area contributed by atoms with Crippen LogP contribution in [0.3, 0.4) is 0 Å². The quantitative estimate of drug-likeness (QED) is 0.728. The van der Waals surface area contributed by atoms with Gasteiger partial charge in [0.2, 0.25) is 0 Å². The predicted octanol–water partition coefficient (Wildman–Crippen LogP) is 1.85. The molecule has 1 rings (SSSR count). The molecule has 66 valence electrons. The summed E-state index contributed by atoms with van der Waals surface area (Å²) in [6, 6.07) is 1.86. The number of carbonyl (C=O) groups excluding carboxylic acids is 1. The molecule has 0 fully saturated rings. The fourth-order valence-corrected chi connectivity index (χ4v) is 2.04. The van der Waals surface area contributed by atoms with Crippen LogP contribution >= 0.6 is 11.3 Å². The molecule has 1 unspecified atom stereocenters. The molecule has 0 aliphatic carbocycles. The van der Waals surface area contributed by atoms with Crippen molar-refractivity contribution in [3.63, 3.8) is 0 Å². The second kappa shape index (κ2) is 3.37. The first-order chi connectivity index (χ1) is 5.58. The van der Waals surface area contributed by atoms with Crippen molar-refractivity contribution in [3.05, 3.63) is 21.9 Å². The summed E-state index contributed by atoms with van der Waals surface area (Å²) in [7, 11) is 0. The van der Waals surface area contributed by atoms with Crippen molar-refractivity contribution in [2.75, 3.05) is 0 Å². The SMILES string of the molecule is Cc1sccc1C(C)(O)CC=O. The maximum absolute atomic E-state index is 10.3. The first-order valence-electron chi connectivity index (χ1n) is 3.78. The van der Waals surface area contributed by atoms with E-state index in [4.69, 9.17) is 0 Å². The number of aliphatic hydroxyl groups is 1. The zero-order valence-corrected chi connectivity index (χ0v) is 8.02. The van der Waals surface area contributed by atoms with Crippen LogP contribution in [0, 0.1) is 6.92 Å². The van der Waals surface area contributed by atoms with Crippen molar-refractivity contribution in [3.8, 4) is 0 Å². The molecular formula is C9H12O2S. The van der Waals surface area contributed by atoms with Crippen molar-refractivity contribution in [2.45, 2.75) is 25.9 Å². The highest BCUT2D eigenvalue weighted by Gasteiger charge is 2.24. The second-order valence-electron chi connectivity index (χ2n) is 3.04. The lowest BCUT2D eigenvalue weighted by Crippen LogP contribution is -2.21. The van der Waals surface area contributed by atoms with Gasteiger partial charge in [-0.3, -0.25) is 0 Å². The standard InChI is InChI=1S/C9H12O2S/c1-7-8(3-6-12-7)9(2,11)4-5-10/h3,5-6,11H,4H2,1-2H3. The van der Waals surface area contributed by atoms with Crippen LogP contribution in [0.1, 0.15) is 23.8 Å². The molecule has 1 N–H and O–H groups in total. The number of carbonyl (C=O) groups is 1. The monoisotopic (exact) mass is 184 g/mol. The minimum absolute atomic E-state index is 0.157. The Morgan fingerprint density at radius 3 is 2.83 bits per heavy atom. The average molecular weight is 184 g/mol. The molecule has 0 aliphatic heterocycles. The minimum Gasteiger partial charge on any atom is -0.385 e. The molecule has 0 spiro atoms. The Kier molecular flexibility index (Phi) is 2.65. The average Bonchev–Trinajstić information content (AvgIpc) is 2.35. The third kappa shape index (κ3) is 1.73. The van der Waals surface area contributed by atoms with E-state index in [0.29, 0.717) is 0 Å². The molecule has 0 bridgehead atoms. The third-order valence-electron chi connectivity index (χ3n) is 1.92. The molecule has 0 aliphatic rings. The van der Waals surface area contributed by atoms with Crippen LogP contribution in [-0.4, -0.2) is 11.4 Å². The molecule has 3 heteroatoms. The molecule has 1 atom stereocenters. The fourth-order valence-electron chi connectivity index (χ4n) is 1.22. The number of hydrogen-bond donors (Lipinski definition) is 1. The molecule has 1 aromatic heterocycles. The summed E-state index contributed by atoms with van der Waals surface area (Å²) in [5, 5.41) is 11.8. The Labute approximate surface area is 75.9 Å². The fraction of sp³-hybridized carbons (Fsp3) is 0.444. The van der Waals surface area contributed by atoms with Gasteiger partial charge in [0.25, 0.3) is 0 Å². The maximum Gasteiger partial charge on any atom is 0.123 e. The lowest BCUT2D eigenvalue weighted by Gasteiger charge is -2.20. The van der Waals surface area contributed by atoms with Crippen molar-refractivity contribution >= 4 is 17.6 Å². The van der Waals surface area contributed by atoms with Gasteiger partial charge < -0.3 is 9.90 Å². The highest BCUT2D eigenvalue weighted by molar-refractivity contribution is 7.10. The van der Waals surface area contributed by atoms with Crippen LogP contribution in [0.4, 0.5) is 0 Å². The van der Waals surface area contributed by atoms with Gasteiger partial charge in [-0.2, -0.15) is 0 Å². The van der Waals surface area contributed by atoms with Crippen LogP contribution in [0.2, 0.25) is 0 Å².